The second-order valence-corrected chi connectivity index (χ2v) is 5.47. The lowest BCUT2D eigenvalue weighted by Gasteiger charge is -2.04. The molecule has 0 saturated heterocycles. The van der Waals surface area contributed by atoms with Crippen molar-refractivity contribution in [1.82, 2.24) is 15.2 Å². The van der Waals surface area contributed by atoms with Crippen LogP contribution in [0.15, 0.2) is 29.3 Å². The van der Waals surface area contributed by atoms with Crippen LogP contribution in [0.25, 0.3) is 0 Å². The maximum Gasteiger partial charge on any atom is 0.352 e. The number of sulfonamides is 1. The number of nitrogens with one attached hydrogen (secondary N) is 2. The van der Waals surface area contributed by atoms with Gasteiger partial charge >= 0.3 is 5.97 Å². The molecule has 0 aromatic carbocycles. The van der Waals surface area contributed by atoms with Gasteiger partial charge in [0.05, 0.1) is 0 Å². The minimum absolute atomic E-state index is 0.0255. The van der Waals surface area contributed by atoms with E-state index < -0.39 is 16.0 Å². The summed E-state index contributed by atoms with van der Waals surface area (Å²) < 4.78 is 25.9. The van der Waals surface area contributed by atoms with Crippen LogP contribution in [0, 0.1) is 0 Å². The monoisotopic (exact) mass is 302 g/mol. The first-order valence-corrected chi connectivity index (χ1v) is 6.68. The third kappa shape index (κ3) is 3.01. The van der Waals surface area contributed by atoms with E-state index >= 15 is 0 Å². The molecule has 0 bridgehead atoms. The summed E-state index contributed by atoms with van der Waals surface area (Å²) in [4.78, 5) is 12.8. The topological polar surface area (TPSA) is 125 Å². The van der Waals surface area contributed by atoms with Gasteiger partial charge in [-0.25, -0.2) is 13.2 Å². The van der Waals surface area contributed by atoms with Crippen LogP contribution in [0.5, 0.6) is 0 Å². The summed E-state index contributed by atoms with van der Waals surface area (Å²) in [6.07, 6.45) is 1.06. The Morgan fingerprint density at radius 2 is 2.11 bits per heavy atom. The van der Waals surface area contributed by atoms with Crippen molar-refractivity contribution >= 4 is 33.4 Å². The van der Waals surface area contributed by atoms with Crippen LogP contribution < -0.4 is 4.72 Å². The lowest BCUT2D eigenvalue weighted by molar-refractivity contribution is 0.0691. The van der Waals surface area contributed by atoms with Crippen molar-refractivity contribution in [3.05, 3.63) is 35.2 Å². The Morgan fingerprint density at radius 1 is 1.37 bits per heavy atom. The quantitative estimate of drug-likeness (QED) is 0.772. The van der Waals surface area contributed by atoms with Crippen LogP contribution in [-0.4, -0.2) is 34.7 Å². The minimum atomic E-state index is -3.93. The molecule has 0 radical (unpaired) electrons. The number of hydrogen-bond acceptors (Lipinski definition) is 5. The van der Waals surface area contributed by atoms with Gasteiger partial charge in [0.2, 0.25) is 0 Å². The van der Waals surface area contributed by atoms with E-state index in [0.717, 1.165) is 12.3 Å². The molecule has 0 amide bonds. The highest BCUT2D eigenvalue weighted by atomic mass is 35.5. The first kappa shape index (κ1) is 13.3. The highest BCUT2D eigenvalue weighted by Crippen LogP contribution is 2.15. The number of carboxylic acids is 1. The molecule has 0 spiro atoms. The summed E-state index contributed by atoms with van der Waals surface area (Å²) in [6.45, 7) is 0. The first-order valence-electron chi connectivity index (χ1n) is 4.82. The van der Waals surface area contributed by atoms with Crippen molar-refractivity contribution in [3.8, 4) is 0 Å². The Balaban J connectivity index is 2.26. The van der Waals surface area contributed by atoms with E-state index in [0.29, 0.717) is 0 Å². The van der Waals surface area contributed by atoms with E-state index in [1.165, 1.54) is 12.1 Å². The molecule has 0 aliphatic rings. The fourth-order valence-electron chi connectivity index (χ4n) is 1.22. The Hall–Kier alpha value is -2.13. The highest BCUT2D eigenvalue weighted by Gasteiger charge is 2.18. The van der Waals surface area contributed by atoms with Crippen molar-refractivity contribution < 1.29 is 18.3 Å². The maximum absolute atomic E-state index is 11.9. The molecule has 0 saturated carbocycles. The number of carbonyl (C=O) groups is 1. The number of nitrogens with zero attached hydrogens (tertiary/aromatic N) is 2. The van der Waals surface area contributed by atoms with E-state index in [4.69, 9.17) is 16.7 Å². The molecule has 0 unspecified atom stereocenters. The van der Waals surface area contributed by atoms with E-state index in [1.54, 1.807) is 0 Å². The number of aromatic nitrogens is 3. The number of hydrogen-bond donors (Lipinski definition) is 3. The number of rotatable bonds is 4. The van der Waals surface area contributed by atoms with Gasteiger partial charge < -0.3 is 10.1 Å². The summed E-state index contributed by atoms with van der Waals surface area (Å²) in [5, 5.41) is 15.8. The molecule has 3 N–H and O–H groups in total. The smallest absolute Gasteiger partial charge is 0.352 e. The molecule has 0 fully saturated rings. The molecule has 100 valence electrons. The molecular weight excluding hydrogens is 296 g/mol. The highest BCUT2D eigenvalue weighted by molar-refractivity contribution is 7.92. The van der Waals surface area contributed by atoms with E-state index in [-0.39, 0.29) is 21.6 Å². The summed E-state index contributed by atoms with van der Waals surface area (Å²) >= 11 is 5.52. The lowest BCUT2D eigenvalue weighted by atomic mass is 10.4. The largest absolute Gasteiger partial charge is 0.477 e. The Labute approximate surface area is 112 Å². The van der Waals surface area contributed by atoms with Crippen molar-refractivity contribution in [2.45, 2.75) is 4.90 Å². The van der Waals surface area contributed by atoms with Gasteiger partial charge in [-0.1, -0.05) is 11.6 Å². The van der Waals surface area contributed by atoms with E-state index in [1.807, 2.05) is 0 Å². The number of anilines is 1. The van der Waals surface area contributed by atoms with Crippen molar-refractivity contribution in [2.24, 2.45) is 0 Å². The molecule has 0 aliphatic heterocycles. The summed E-state index contributed by atoms with van der Waals surface area (Å²) in [6, 6.07) is 3.69. The summed E-state index contributed by atoms with van der Waals surface area (Å²) in [7, 11) is -3.93. The molecule has 2 rings (SSSR count). The van der Waals surface area contributed by atoms with Crippen LogP contribution >= 0.6 is 11.6 Å². The number of aromatic amines is 1. The normalized spacial score (nSPS) is 11.2. The number of halogens is 1. The fraction of sp³-hybridized carbons (Fsp3) is 0. The molecule has 0 aliphatic carbocycles. The zero-order chi connectivity index (χ0) is 14.0. The number of H-pyrrole nitrogens is 1. The molecule has 8 nitrogen and oxygen atoms in total. The number of carboxylic acid groups (broad SMARTS) is 1. The standard InChI is InChI=1S/C9H7ClN4O4S/c10-7-1-2-8(13-12-7)14-19(17,18)5-3-6(9(15)16)11-4-5/h1-4,11H,(H,13,14)(H,15,16). The minimum Gasteiger partial charge on any atom is -0.477 e. The molecule has 10 heteroatoms. The SMILES string of the molecule is O=C(O)c1cc(S(=O)(=O)Nc2ccc(Cl)nn2)c[nH]1. The second-order valence-electron chi connectivity index (χ2n) is 3.40. The third-order valence-electron chi connectivity index (χ3n) is 2.07. The third-order valence-corrected chi connectivity index (χ3v) is 3.60. The van der Waals surface area contributed by atoms with Gasteiger partial charge in [-0.2, -0.15) is 0 Å². The van der Waals surface area contributed by atoms with Crippen LogP contribution in [0.4, 0.5) is 5.82 Å². The molecule has 0 atom stereocenters. The summed E-state index contributed by atoms with van der Waals surface area (Å²) in [5.41, 5.74) is -0.234. The molecular formula is C9H7ClN4O4S. The van der Waals surface area contributed by atoms with E-state index in [9.17, 15) is 13.2 Å². The summed E-state index contributed by atoms with van der Waals surface area (Å²) in [5.74, 6) is -1.28. The molecule has 2 aromatic rings. The van der Waals surface area contributed by atoms with Crippen molar-refractivity contribution in [1.29, 1.82) is 0 Å². The first-order chi connectivity index (χ1) is 8.88. The molecule has 2 aromatic heterocycles. The Kier molecular flexibility index (Phi) is 3.40. The van der Waals surface area contributed by atoms with Gasteiger partial charge in [-0.15, -0.1) is 10.2 Å². The molecule has 19 heavy (non-hydrogen) atoms. The van der Waals surface area contributed by atoms with Gasteiger partial charge in [0.1, 0.15) is 10.6 Å². The van der Waals surface area contributed by atoms with Crippen LogP contribution in [0.2, 0.25) is 5.15 Å². The van der Waals surface area contributed by atoms with E-state index in [2.05, 4.69) is 19.9 Å². The van der Waals surface area contributed by atoms with Gasteiger partial charge in [0.15, 0.2) is 11.0 Å². The zero-order valence-electron chi connectivity index (χ0n) is 9.16. The zero-order valence-corrected chi connectivity index (χ0v) is 10.7. The maximum atomic E-state index is 11.9. The van der Waals surface area contributed by atoms with Crippen molar-refractivity contribution in [2.75, 3.05) is 4.72 Å². The van der Waals surface area contributed by atoms with Gasteiger partial charge in [0.25, 0.3) is 10.0 Å². The van der Waals surface area contributed by atoms with Gasteiger partial charge in [-0.05, 0) is 18.2 Å². The van der Waals surface area contributed by atoms with Gasteiger partial charge in [-0.3, -0.25) is 4.72 Å². The van der Waals surface area contributed by atoms with Gasteiger partial charge in [0, 0.05) is 6.20 Å². The van der Waals surface area contributed by atoms with Crippen molar-refractivity contribution in [3.63, 3.8) is 0 Å². The Morgan fingerprint density at radius 3 is 2.63 bits per heavy atom. The Bertz CT molecular complexity index is 710. The lowest BCUT2D eigenvalue weighted by Crippen LogP contribution is -2.13. The molecule has 2 heterocycles. The van der Waals surface area contributed by atoms with Crippen LogP contribution in [0.3, 0.4) is 0 Å². The predicted molar refractivity (Wildman–Crippen MR) is 65.6 cm³/mol. The average molecular weight is 303 g/mol. The van der Waals surface area contributed by atoms with Crippen LogP contribution in [-0.2, 0) is 10.0 Å². The number of aromatic carboxylic acids is 1. The fourth-order valence-corrected chi connectivity index (χ4v) is 2.31. The predicted octanol–water partition coefficient (Wildman–Crippen LogP) is 0.957. The van der Waals surface area contributed by atoms with Crippen LogP contribution in [0.1, 0.15) is 10.5 Å². The second kappa shape index (κ2) is 4.86. The average Bonchev–Trinajstić information content (AvgIpc) is 2.82.